The summed E-state index contributed by atoms with van der Waals surface area (Å²) in [7, 11) is 1.80. The van der Waals surface area contributed by atoms with E-state index in [9.17, 15) is 4.79 Å². The van der Waals surface area contributed by atoms with Crippen LogP contribution in [-0.2, 0) is 4.79 Å². The SMILES string of the molecule is CNC1(C(N)=O)CCCC(Oc2ccccc2C(C)C)C1. The Balaban J connectivity index is 2.15. The highest BCUT2D eigenvalue weighted by atomic mass is 16.5. The molecule has 1 saturated carbocycles. The number of nitrogens with two attached hydrogens (primary N) is 1. The third-order valence-electron chi connectivity index (χ3n) is 4.49. The van der Waals surface area contributed by atoms with Crippen molar-refractivity contribution in [3.05, 3.63) is 29.8 Å². The number of amides is 1. The van der Waals surface area contributed by atoms with Gasteiger partial charge in [0.25, 0.3) is 0 Å². The fourth-order valence-corrected chi connectivity index (χ4v) is 3.14. The molecular weight excluding hydrogens is 264 g/mol. The van der Waals surface area contributed by atoms with Crippen LogP contribution in [0.2, 0.25) is 0 Å². The Morgan fingerprint density at radius 2 is 2.14 bits per heavy atom. The monoisotopic (exact) mass is 290 g/mol. The normalized spacial score (nSPS) is 25.8. The second kappa shape index (κ2) is 6.48. The van der Waals surface area contributed by atoms with Crippen molar-refractivity contribution in [2.24, 2.45) is 5.73 Å². The summed E-state index contributed by atoms with van der Waals surface area (Å²) in [4.78, 5) is 11.8. The first kappa shape index (κ1) is 15.8. The van der Waals surface area contributed by atoms with Crippen molar-refractivity contribution in [1.82, 2.24) is 5.32 Å². The molecule has 0 spiro atoms. The average molecular weight is 290 g/mol. The van der Waals surface area contributed by atoms with Crippen molar-refractivity contribution in [2.45, 2.75) is 57.1 Å². The average Bonchev–Trinajstić information content (AvgIpc) is 2.47. The summed E-state index contributed by atoms with van der Waals surface area (Å²) >= 11 is 0. The Morgan fingerprint density at radius 3 is 2.76 bits per heavy atom. The van der Waals surface area contributed by atoms with Gasteiger partial charge in [0.15, 0.2) is 0 Å². The van der Waals surface area contributed by atoms with Gasteiger partial charge in [-0.3, -0.25) is 4.79 Å². The lowest BCUT2D eigenvalue weighted by Gasteiger charge is -2.38. The van der Waals surface area contributed by atoms with Crippen LogP contribution in [0.15, 0.2) is 24.3 Å². The predicted octanol–water partition coefficient (Wildman–Crippen LogP) is 2.57. The minimum atomic E-state index is -0.629. The first-order valence-electron chi connectivity index (χ1n) is 7.73. The van der Waals surface area contributed by atoms with Gasteiger partial charge in [0.1, 0.15) is 17.4 Å². The molecule has 3 N–H and O–H groups in total. The first-order valence-corrected chi connectivity index (χ1v) is 7.73. The van der Waals surface area contributed by atoms with Crippen LogP contribution in [-0.4, -0.2) is 24.6 Å². The molecule has 1 aliphatic carbocycles. The number of likely N-dealkylation sites (N-methyl/N-ethyl adjacent to an activating group) is 1. The number of hydrogen-bond acceptors (Lipinski definition) is 3. The van der Waals surface area contributed by atoms with E-state index in [0.29, 0.717) is 12.3 Å². The zero-order chi connectivity index (χ0) is 15.5. The molecule has 0 bridgehead atoms. The maximum atomic E-state index is 11.8. The molecule has 0 saturated heterocycles. The van der Waals surface area contributed by atoms with E-state index in [2.05, 4.69) is 25.2 Å². The van der Waals surface area contributed by atoms with Crippen molar-refractivity contribution in [1.29, 1.82) is 0 Å². The van der Waals surface area contributed by atoms with E-state index in [1.807, 2.05) is 18.2 Å². The Hall–Kier alpha value is -1.55. The number of hydrogen-bond donors (Lipinski definition) is 2. The van der Waals surface area contributed by atoms with Crippen LogP contribution in [0.25, 0.3) is 0 Å². The molecule has 0 radical (unpaired) electrons. The second-order valence-electron chi connectivity index (χ2n) is 6.23. The predicted molar refractivity (Wildman–Crippen MR) is 84.4 cm³/mol. The maximum Gasteiger partial charge on any atom is 0.237 e. The molecule has 1 aliphatic rings. The van der Waals surface area contributed by atoms with Gasteiger partial charge >= 0.3 is 0 Å². The molecule has 1 aromatic carbocycles. The Bertz CT molecular complexity index is 501. The van der Waals surface area contributed by atoms with E-state index in [0.717, 1.165) is 25.0 Å². The number of nitrogens with one attached hydrogen (secondary N) is 1. The van der Waals surface area contributed by atoms with Gasteiger partial charge in [0.05, 0.1) is 0 Å². The fourth-order valence-electron chi connectivity index (χ4n) is 3.14. The summed E-state index contributed by atoms with van der Waals surface area (Å²) in [6, 6.07) is 8.13. The zero-order valence-electron chi connectivity index (χ0n) is 13.2. The third-order valence-corrected chi connectivity index (χ3v) is 4.49. The van der Waals surface area contributed by atoms with Crippen LogP contribution in [0.4, 0.5) is 0 Å². The van der Waals surface area contributed by atoms with E-state index < -0.39 is 5.54 Å². The van der Waals surface area contributed by atoms with E-state index >= 15 is 0 Å². The first-order chi connectivity index (χ1) is 9.98. The van der Waals surface area contributed by atoms with E-state index in [1.165, 1.54) is 5.56 Å². The number of carbonyl (C=O) groups is 1. The van der Waals surface area contributed by atoms with Gasteiger partial charge in [0.2, 0.25) is 5.91 Å². The lowest BCUT2D eigenvalue weighted by atomic mass is 9.79. The minimum absolute atomic E-state index is 0.0265. The van der Waals surface area contributed by atoms with E-state index in [4.69, 9.17) is 10.5 Å². The number of rotatable bonds is 5. The van der Waals surface area contributed by atoms with E-state index in [-0.39, 0.29) is 12.0 Å². The van der Waals surface area contributed by atoms with Crippen LogP contribution in [0.1, 0.15) is 51.0 Å². The molecule has 1 amide bonds. The highest BCUT2D eigenvalue weighted by Crippen LogP contribution is 2.33. The van der Waals surface area contributed by atoms with Crippen molar-refractivity contribution >= 4 is 5.91 Å². The lowest BCUT2D eigenvalue weighted by molar-refractivity contribution is -0.126. The molecule has 116 valence electrons. The Morgan fingerprint density at radius 1 is 1.43 bits per heavy atom. The second-order valence-corrected chi connectivity index (χ2v) is 6.23. The maximum absolute atomic E-state index is 11.8. The van der Waals surface area contributed by atoms with Crippen molar-refractivity contribution < 1.29 is 9.53 Å². The molecular formula is C17H26N2O2. The smallest absolute Gasteiger partial charge is 0.237 e. The number of carbonyl (C=O) groups excluding carboxylic acids is 1. The van der Waals surface area contributed by atoms with Crippen LogP contribution in [0.5, 0.6) is 5.75 Å². The molecule has 2 rings (SSSR count). The van der Waals surface area contributed by atoms with Crippen molar-refractivity contribution in [3.63, 3.8) is 0 Å². The zero-order valence-corrected chi connectivity index (χ0v) is 13.2. The third kappa shape index (κ3) is 3.38. The van der Waals surface area contributed by atoms with Crippen LogP contribution in [0.3, 0.4) is 0 Å². The number of primary amides is 1. The molecule has 4 heteroatoms. The lowest BCUT2D eigenvalue weighted by Crippen LogP contribution is -2.58. The van der Waals surface area contributed by atoms with Gasteiger partial charge < -0.3 is 15.8 Å². The van der Waals surface area contributed by atoms with E-state index in [1.54, 1.807) is 7.05 Å². The molecule has 21 heavy (non-hydrogen) atoms. The van der Waals surface area contributed by atoms with Crippen LogP contribution >= 0.6 is 0 Å². The fraction of sp³-hybridized carbons (Fsp3) is 0.588. The molecule has 2 unspecified atom stereocenters. The summed E-state index contributed by atoms with van der Waals surface area (Å²) < 4.78 is 6.21. The molecule has 0 aliphatic heterocycles. The summed E-state index contributed by atoms with van der Waals surface area (Å²) in [6.45, 7) is 4.31. The minimum Gasteiger partial charge on any atom is -0.490 e. The quantitative estimate of drug-likeness (QED) is 0.876. The Kier molecular flexibility index (Phi) is 4.88. The van der Waals surface area contributed by atoms with Gasteiger partial charge in [0, 0.05) is 6.42 Å². The number of ether oxygens (including phenoxy) is 1. The molecule has 1 fully saturated rings. The summed E-state index contributed by atoms with van der Waals surface area (Å²) in [5.74, 6) is 1.05. The van der Waals surface area contributed by atoms with Crippen LogP contribution in [0, 0.1) is 0 Å². The number of benzene rings is 1. The molecule has 4 nitrogen and oxygen atoms in total. The molecule has 2 atom stereocenters. The standard InChI is InChI=1S/C17H26N2O2/c1-12(2)14-8-4-5-9-15(14)21-13-7-6-10-17(11-13,19-3)16(18)20/h4-5,8-9,12-13,19H,6-7,10-11H2,1-3H3,(H2,18,20). The van der Waals surface area contributed by atoms with Crippen molar-refractivity contribution in [2.75, 3.05) is 7.05 Å². The van der Waals surface area contributed by atoms with Gasteiger partial charge in [-0.15, -0.1) is 0 Å². The molecule has 0 aromatic heterocycles. The van der Waals surface area contributed by atoms with Crippen molar-refractivity contribution in [3.8, 4) is 5.75 Å². The van der Waals surface area contributed by atoms with Gasteiger partial charge in [-0.2, -0.15) is 0 Å². The largest absolute Gasteiger partial charge is 0.490 e. The highest BCUT2D eigenvalue weighted by Gasteiger charge is 2.41. The summed E-state index contributed by atoms with van der Waals surface area (Å²) in [5, 5.41) is 3.12. The topological polar surface area (TPSA) is 64.3 Å². The molecule has 0 heterocycles. The Labute approximate surface area is 127 Å². The van der Waals surface area contributed by atoms with Gasteiger partial charge in [-0.25, -0.2) is 0 Å². The highest BCUT2D eigenvalue weighted by molar-refractivity contribution is 5.84. The summed E-state index contributed by atoms with van der Waals surface area (Å²) in [6.07, 6.45) is 3.34. The van der Waals surface area contributed by atoms with Gasteiger partial charge in [-0.05, 0) is 43.9 Å². The molecule has 1 aromatic rings. The van der Waals surface area contributed by atoms with Gasteiger partial charge in [-0.1, -0.05) is 32.0 Å². The van der Waals surface area contributed by atoms with Crippen LogP contribution < -0.4 is 15.8 Å². The summed E-state index contributed by atoms with van der Waals surface area (Å²) in [5.41, 5.74) is 6.17. The number of para-hydroxylation sites is 1.